The Kier molecular flexibility index (Phi) is 4.43. The van der Waals surface area contributed by atoms with Crippen LogP contribution in [0.2, 0.25) is 0 Å². The predicted octanol–water partition coefficient (Wildman–Crippen LogP) is 5.71. The first kappa shape index (κ1) is 19.2. The highest BCUT2D eigenvalue weighted by molar-refractivity contribution is 5.94. The SMILES string of the molecule is Cn1c(-c2n[nH]c3ccc(OCc4ccccc4)cc23)nc2cc(C(F)(F)F)ccc21. The number of hydrogen-bond acceptors (Lipinski definition) is 3. The minimum absolute atomic E-state index is 0.264. The second kappa shape index (κ2) is 7.16. The van der Waals surface area contributed by atoms with Crippen LogP contribution in [-0.4, -0.2) is 19.7 Å². The van der Waals surface area contributed by atoms with E-state index in [9.17, 15) is 13.2 Å². The first-order chi connectivity index (χ1) is 14.9. The minimum Gasteiger partial charge on any atom is -0.489 e. The van der Waals surface area contributed by atoms with Gasteiger partial charge in [-0.3, -0.25) is 5.10 Å². The van der Waals surface area contributed by atoms with Gasteiger partial charge >= 0.3 is 6.18 Å². The van der Waals surface area contributed by atoms with Gasteiger partial charge in [-0.25, -0.2) is 4.98 Å². The summed E-state index contributed by atoms with van der Waals surface area (Å²) < 4.78 is 46.9. The maximum Gasteiger partial charge on any atom is 0.416 e. The number of fused-ring (bicyclic) bond motifs is 2. The molecule has 0 radical (unpaired) electrons. The van der Waals surface area contributed by atoms with E-state index in [1.54, 1.807) is 11.6 Å². The molecule has 31 heavy (non-hydrogen) atoms. The third-order valence-electron chi connectivity index (χ3n) is 5.20. The summed E-state index contributed by atoms with van der Waals surface area (Å²) in [5.74, 6) is 1.14. The molecule has 0 aliphatic rings. The van der Waals surface area contributed by atoms with E-state index in [4.69, 9.17) is 4.74 Å². The van der Waals surface area contributed by atoms with Crippen molar-refractivity contribution < 1.29 is 17.9 Å². The van der Waals surface area contributed by atoms with Gasteiger partial charge in [-0.15, -0.1) is 0 Å². The van der Waals surface area contributed by atoms with Crippen LogP contribution in [0.1, 0.15) is 11.1 Å². The number of H-pyrrole nitrogens is 1. The van der Waals surface area contributed by atoms with Crippen molar-refractivity contribution in [3.63, 3.8) is 0 Å². The van der Waals surface area contributed by atoms with E-state index in [2.05, 4.69) is 15.2 Å². The third kappa shape index (κ3) is 3.50. The van der Waals surface area contributed by atoms with Crippen LogP contribution in [0.3, 0.4) is 0 Å². The molecule has 0 spiro atoms. The molecule has 1 N–H and O–H groups in total. The van der Waals surface area contributed by atoms with Crippen molar-refractivity contribution in [3.8, 4) is 17.3 Å². The summed E-state index contributed by atoms with van der Waals surface area (Å²) in [7, 11) is 1.76. The minimum atomic E-state index is -4.42. The maximum atomic E-state index is 13.1. The van der Waals surface area contributed by atoms with E-state index in [0.717, 1.165) is 28.6 Å². The Morgan fingerprint density at radius 2 is 1.81 bits per heavy atom. The molecule has 2 aromatic heterocycles. The lowest BCUT2D eigenvalue weighted by atomic mass is 10.2. The normalized spacial score (nSPS) is 12.0. The number of aromatic amines is 1. The highest BCUT2D eigenvalue weighted by Crippen LogP contribution is 2.34. The van der Waals surface area contributed by atoms with Crippen LogP contribution >= 0.6 is 0 Å². The number of alkyl halides is 3. The zero-order chi connectivity index (χ0) is 21.6. The number of aryl methyl sites for hydroxylation is 1. The molecule has 2 heterocycles. The number of rotatable bonds is 4. The van der Waals surface area contributed by atoms with Crippen LogP contribution in [0.4, 0.5) is 13.2 Å². The van der Waals surface area contributed by atoms with Crippen molar-refractivity contribution in [1.29, 1.82) is 0 Å². The number of ether oxygens (including phenoxy) is 1. The van der Waals surface area contributed by atoms with Crippen LogP contribution in [0.25, 0.3) is 33.5 Å². The molecule has 0 amide bonds. The molecule has 0 aliphatic heterocycles. The van der Waals surface area contributed by atoms with E-state index in [1.807, 2.05) is 48.5 Å². The van der Waals surface area contributed by atoms with E-state index >= 15 is 0 Å². The zero-order valence-electron chi connectivity index (χ0n) is 16.4. The van der Waals surface area contributed by atoms with Gasteiger partial charge in [-0.2, -0.15) is 18.3 Å². The maximum absolute atomic E-state index is 13.1. The molecule has 0 bridgehead atoms. The van der Waals surface area contributed by atoms with E-state index in [-0.39, 0.29) is 5.52 Å². The Hall–Kier alpha value is -3.81. The summed E-state index contributed by atoms with van der Waals surface area (Å²) in [6.45, 7) is 0.423. The molecule has 3 aromatic carbocycles. The van der Waals surface area contributed by atoms with Gasteiger partial charge in [0.15, 0.2) is 5.82 Å². The van der Waals surface area contributed by atoms with Crippen LogP contribution in [0, 0.1) is 0 Å². The standard InChI is InChI=1S/C23H17F3N4O/c1-30-20-10-7-15(23(24,25)26)11-19(20)27-22(30)21-17-12-16(8-9-18(17)28-29-21)31-13-14-5-3-2-4-6-14/h2-12H,13H2,1H3,(H,28,29). The molecular weight excluding hydrogens is 405 g/mol. The van der Waals surface area contributed by atoms with Crippen LogP contribution < -0.4 is 4.74 Å². The second-order valence-electron chi connectivity index (χ2n) is 7.25. The van der Waals surface area contributed by atoms with Gasteiger partial charge in [0.1, 0.15) is 18.1 Å². The quantitative estimate of drug-likeness (QED) is 0.403. The Balaban J connectivity index is 1.53. The largest absolute Gasteiger partial charge is 0.489 e. The van der Waals surface area contributed by atoms with Gasteiger partial charge in [0, 0.05) is 12.4 Å². The summed E-state index contributed by atoms with van der Waals surface area (Å²) in [6.07, 6.45) is -4.42. The molecule has 5 aromatic rings. The summed E-state index contributed by atoms with van der Waals surface area (Å²) in [4.78, 5) is 4.44. The van der Waals surface area contributed by atoms with Crippen LogP contribution in [0.15, 0.2) is 66.7 Å². The van der Waals surface area contributed by atoms with E-state index in [0.29, 0.717) is 29.4 Å². The molecule has 8 heteroatoms. The highest BCUT2D eigenvalue weighted by Gasteiger charge is 2.31. The molecule has 0 aliphatic carbocycles. The molecule has 156 valence electrons. The number of benzene rings is 3. The molecule has 0 fully saturated rings. The number of nitrogens with one attached hydrogen (secondary N) is 1. The van der Waals surface area contributed by atoms with Crippen LogP contribution in [0.5, 0.6) is 5.75 Å². The van der Waals surface area contributed by atoms with Gasteiger partial charge in [0.2, 0.25) is 0 Å². The van der Waals surface area contributed by atoms with Crippen molar-refractivity contribution >= 4 is 21.9 Å². The Morgan fingerprint density at radius 1 is 1.00 bits per heavy atom. The summed E-state index contributed by atoms with van der Waals surface area (Å²) in [5, 5.41) is 8.10. The Bertz CT molecular complexity index is 1390. The van der Waals surface area contributed by atoms with Gasteiger partial charge in [0.05, 0.1) is 22.1 Å². The lowest BCUT2D eigenvalue weighted by molar-refractivity contribution is -0.137. The van der Waals surface area contributed by atoms with Gasteiger partial charge < -0.3 is 9.30 Å². The van der Waals surface area contributed by atoms with Crippen molar-refractivity contribution in [1.82, 2.24) is 19.7 Å². The summed E-state index contributed by atoms with van der Waals surface area (Å²) >= 11 is 0. The Morgan fingerprint density at radius 3 is 2.58 bits per heavy atom. The smallest absolute Gasteiger partial charge is 0.416 e. The topological polar surface area (TPSA) is 55.7 Å². The lowest BCUT2D eigenvalue weighted by Gasteiger charge is -2.07. The van der Waals surface area contributed by atoms with E-state index < -0.39 is 11.7 Å². The van der Waals surface area contributed by atoms with Crippen molar-refractivity contribution in [2.24, 2.45) is 7.05 Å². The van der Waals surface area contributed by atoms with Crippen LogP contribution in [-0.2, 0) is 19.8 Å². The number of aromatic nitrogens is 4. The molecule has 0 unspecified atom stereocenters. The predicted molar refractivity (Wildman–Crippen MR) is 112 cm³/mol. The summed E-state index contributed by atoms with van der Waals surface area (Å²) in [6, 6.07) is 18.9. The molecule has 0 saturated carbocycles. The number of imidazole rings is 1. The number of hydrogen-bond donors (Lipinski definition) is 1. The Labute approximate surface area is 175 Å². The molecule has 0 atom stereocenters. The fourth-order valence-corrected chi connectivity index (χ4v) is 3.58. The molecule has 0 saturated heterocycles. The van der Waals surface area contributed by atoms with Gasteiger partial charge in [0.25, 0.3) is 0 Å². The highest BCUT2D eigenvalue weighted by atomic mass is 19.4. The third-order valence-corrected chi connectivity index (χ3v) is 5.20. The number of halogens is 3. The molecular formula is C23H17F3N4O. The monoisotopic (exact) mass is 422 g/mol. The summed E-state index contributed by atoms with van der Waals surface area (Å²) in [5.41, 5.74) is 2.51. The molecule has 5 nitrogen and oxygen atoms in total. The van der Waals surface area contributed by atoms with Crippen molar-refractivity contribution in [3.05, 3.63) is 77.9 Å². The van der Waals surface area contributed by atoms with Crippen molar-refractivity contribution in [2.75, 3.05) is 0 Å². The van der Waals surface area contributed by atoms with E-state index in [1.165, 1.54) is 6.07 Å². The average Bonchev–Trinajstić information content (AvgIpc) is 3.32. The van der Waals surface area contributed by atoms with Crippen molar-refractivity contribution in [2.45, 2.75) is 12.8 Å². The second-order valence-corrected chi connectivity index (χ2v) is 7.25. The number of nitrogens with zero attached hydrogens (tertiary/aromatic N) is 3. The fraction of sp³-hybridized carbons (Fsp3) is 0.130. The lowest BCUT2D eigenvalue weighted by Crippen LogP contribution is -2.04. The fourth-order valence-electron chi connectivity index (χ4n) is 3.58. The zero-order valence-corrected chi connectivity index (χ0v) is 16.4. The first-order valence-electron chi connectivity index (χ1n) is 9.59. The van der Waals surface area contributed by atoms with Gasteiger partial charge in [-0.05, 0) is 42.0 Å². The first-order valence-corrected chi connectivity index (χ1v) is 9.59. The average molecular weight is 422 g/mol. The van der Waals surface area contributed by atoms with Gasteiger partial charge in [-0.1, -0.05) is 30.3 Å². The molecule has 5 rings (SSSR count).